The van der Waals surface area contributed by atoms with Gasteiger partial charge >= 0.3 is 0 Å². The van der Waals surface area contributed by atoms with E-state index in [-0.39, 0.29) is 41.5 Å². The van der Waals surface area contributed by atoms with Gasteiger partial charge in [0.05, 0.1) is 11.8 Å². The number of imide groups is 1. The lowest BCUT2D eigenvalue weighted by atomic mass is 9.55. The Labute approximate surface area is 170 Å². The smallest absolute Gasteiger partial charge is 0.234 e. The maximum Gasteiger partial charge on any atom is 0.234 e. The Morgan fingerprint density at radius 3 is 1.69 bits per heavy atom. The summed E-state index contributed by atoms with van der Waals surface area (Å²) in [7, 11) is 0. The molecule has 1 heterocycles. The molecule has 29 heavy (non-hydrogen) atoms. The van der Waals surface area contributed by atoms with Gasteiger partial charge in [-0.2, -0.15) is 0 Å². The van der Waals surface area contributed by atoms with E-state index in [1.165, 1.54) is 6.42 Å². The Morgan fingerprint density at radius 2 is 1.17 bits per heavy atom. The standard InChI is InChI=1S/C24H25N3O2/c25-12-6-8-15-17(10-12)20-18-11-13(26)7-9-16(18)19(15)21-22(20)24(29)27(23(21)28)14-4-2-1-3-5-14/h6-11,14,19-22H,1-5,25-26H2/t19?,20?,21-,22+/m1/s1. The maximum absolute atomic E-state index is 13.7. The van der Waals surface area contributed by atoms with Crippen LogP contribution in [0.4, 0.5) is 11.4 Å². The summed E-state index contributed by atoms with van der Waals surface area (Å²) in [5, 5.41) is 0. The Morgan fingerprint density at radius 1 is 0.690 bits per heavy atom. The summed E-state index contributed by atoms with van der Waals surface area (Å²) < 4.78 is 0. The molecule has 1 aliphatic heterocycles. The van der Waals surface area contributed by atoms with Crippen LogP contribution in [0, 0.1) is 11.8 Å². The van der Waals surface area contributed by atoms with Crippen molar-refractivity contribution in [2.75, 3.05) is 11.5 Å². The number of amides is 2. The molecule has 1 saturated carbocycles. The predicted octanol–water partition coefficient (Wildman–Crippen LogP) is 3.38. The summed E-state index contributed by atoms with van der Waals surface area (Å²) in [6.45, 7) is 0. The Hall–Kier alpha value is -2.82. The van der Waals surface area contributed by atoms with Crippen LogP contribution in [-0.4, -0.2) is 22.8 Å². The van der Waals surface area contributed by atoms with E-state index in [2.05, 4.69) is 12.1 Å². The fraction of sp³-hybridized carbons (Fsp3) is 0.417. The van der Waals surface area contributed by atoms with Crippen molar-refractivity contribution in [1.29, 1.82) is 0 Å². The monoisotopic (exact) mass is 387 g/mol. The molecule has 2 aromatic carbocycles. The lowest BCUT2D eigenvalue weighted by Gasteiger charge is -2.46. The first-order valence-electron chi connectivity index (χ1n) is 10.7. The molecule has 7 rings (SSSR count). The molecule has 4 aliphatic carbocycles. The van der Waals surface area contributed by atoms with Gasteiger partial charge in [-0.3, -0.25) is 14.5 Å². The second-order valence-electron chi connectivity index (χ2n) is 9.12. The van der Waals surface area contributed by atoms with E-state index in [4.69, 9.17) is 11.5 Å². The van der Waals surface area contributed by atoms with Crippen molar-refractivity contribution in [2.24, 2.45) is 11.8 Å². The highest BCUT2D eigenvalue weighted by molar-refractivity contribution is 6.08. The molecule has 4 N–H and O–H groups in total. The van der Waals surface area contributed by atoms with Gasteiger partial charge in [-0.1, -0.05) is 31.4 Å². The average Bonchev–Trinajstić information content (AvgIpc) is 2.99. The molecule has 2 fully saturated rings. The minimum atomic E-state index is -0.335. The summed E-state index contributed by atoms with van der Waals surface area (Å²) in [6.07, 6.45) is 5.26. The highest BCUT2D eigenvalue weighted by Crippen LogP contribution is 2.61. The molecule has 2 aromatic rings. The van der Waals surface area contributed by atoms with E-state index in [1.807, 2.05) is 24.3 Å². The number of rotatable bonds is 1. The number of hydrogen-bond donors (Lipinski definition) is 2. The van der Waals surface area contributed by atoms with E-state index in [0.29, 0.717) is 11.4 Å². The van der Waals surface area contributed by atoms with Crippen LogP contribution in [0.1, 0.15) is 66.2 Å². The third-order valence-corrected chi connectivity index (χ3v) is 7.65. The van der Waals surface area contributed by atoms with Crippen LogP contribution < -0.4 is 11.5 Å². The zero-order valence-corrected chi connectivity index (χ0v) is 16.3. The van der Waals surface area contributed by atoms with Crippen LogP contribution in [0.25, 0.3) is 0 Å². The van der Waals surface area contributed by atoms with Crippen molar-refractivity contribution in [3.05, 3.63) is 58.7 Å². The summed E-state index contributed by atoms with van der Waals surface area (Å²) in [5.74, 6) is -0.831. The molecular formula is C24H25N3O2. The normalized spacial score (nSPS) is 30.3. The number of nitrogen functional groups attached to an aromatic ring is 2. The van der Waals surface area contributed by atoms with Crippen molar-refractivity contribution < 1.29 is 9.59 Å². The average molecular weight is 387 g/mol. The second-order valence-corrected chi connectivity index (χ2v) is 9.12. The number of benzene rings is 2. The van der Waals surface area contributed by atoms with Gasteiger partial charge in [0, 0.05) is 29.3 Å². The first kappa shape index (κ1) is 17.1. The number of anilines is 2. The molecule has 0 aromatic heterocycles. The van der Waals surface area contributed by atoms with Crippen molar-refractivity contribution in [2.45, 2.75) is 50.0 Å². The van der Waals surface area contributed by atoms with Gasteiger partial charge in [0.1, 0.15) is 0 Å². The lowest BCUT2D eigenvalue weighted by molar-refractivity contribution is -0.143. The molecule has 0 spiro atoms. The van der Waals surface area contributed by atoms with Crippen molar-refractivity contribution >= 4 is 23.2 Å². The van der Waals surface area contributed by atoms with E-state index in [1.54, 1.807) is 4.90 Å². The number of carbonyl (C=O) groups is 2. The van der Waals surface area contributed by atoms with Gasteiger partial charge in [-0.25, -0.2) is 0 Å². The number of likely N-dealkylation sites (tertiary alicyclic amines) is 1. The van der Waals surface area contributed by atoms with Crippen LogP contribution in [-0.2, 0) is 9.59 Å². The van der Waals surface area contributed by atoms with Crippen molar-refractivity contribution in [3.8, 4) is 0 Å². The van der Waals surface area contributed by atoms with E-state index >= 15 is 0 Å². The van der Waals surface area contributed by atoms with E-state index in [9.17, 15) is 9.59 Å². The van der Waals surface area contributed by atoms with Crippen molar-refractivity contribution in [1.82, 2.24) is 4.90 Å². The zero-order chi connectivity index (χ0) is 19.9. The van der Waals surface area contributed by atoms with Gasteiger partial charge in [-0.15, -0.1) is 0 Å². The van der Waals surface area contributed by atoms with Gasteiger partial charge < -0.3 is 11.5 Å². The number of carbonyl (C=O) groups excluding carboxylic acids is 2. The first-order valence-corrected chi connectivity index (χ1v) is 10.7. The quantitative estimate of drug-likeness (QED) is 0.580. The molecule has 0 unspecified atom stereocenters. The summed E-state index contributed by atoms with van der Waals surface area (Å²) in [5.41, 5.74) is 18.1. The number of nitrogens with two attached hydrogens (primary N) is 2. The zero-order valence-electron chi connectivity index (χ0n) is 16.3. The summed E-state index contributed by atoms with van der Waals surface area (Å²) >= 11 is 0. The Kier molecular flexibility index (Phi) is 3.44. The fourth-order valence-electron chi connectivity index (χ4n) is 6.54. The second kappa shape index (κ2) is 5.85. The molecule has 0 radical (unpaired) electrons. The lowest BCUT2D eigenvalue weighted by Crippen LogP contribution is -2.42. The highest BCUT2D eigenvalue weighted by atomic mass is 16.2. The molecule has 2 amide bonds. The number of nitrogens with zero attached hydrogens (tertiary/aromatic N) is 1. The number of hydrogen-bond acceptors (Lipinski definition) is 4. The topological polar surface area (TPSA) is 89.4 Å². The summed E-state index contributed by atoms with van der Waals surface area (Å²) in [4.78, 5) is 29.0. The molecule has 2 atom stereocenters. The molecule has 2 bridgehead atoms. The Balaban J connectivity index is 1.54. The molecule has 5 aliphatic rings. The van der Waals surface area contributed by atoms with E-state index in [0.717, 1.165) is 47.9 Å². The van der Waals surface area contributed by atoms with Gasteiger partial charge in [0.25, 0.3) is 0 Å². The minimum absolute atomic E-state index is 0.0167. The molecular weight excluding hydrogens is 362 g/mol. The fourth-order valence-corrected chi connectivity index (χ4v) is 6.54. The Bertz CT molecular complexity index is 1000. The maximum atomic E-state index is 13.7. The van der Waals surface area contributed by atoms with Crippen LogP contribution in [0.2, 0.25) is 0 Å². The van der Waals surface area contributed by atoms with E-state index < -0.39 is 0 Å². The third kappa shape index (κ3) is 2.16. The molecule has 148 valence electrons. The summed E-state index contributed by atoms with van der Waals surface area (Å²) in [6, 6.07) is 12.0. The molecule has 5 heteroatoms. The van der Waals surface area contributed by atoms with Crippen LogP contribution in [0.15, 0.2) is 36.4 Å². The largest absolute Gasteiger partial charge is 0.399 e. The SMILES string of the molecule is Nc1ccc2c(c1)C1c3cc(N)ccc3C2[C@H]2C(=O)N(C3CCCCC3)C(=O)[C@@H]12. The van der Waals surface area contributed by atoms with Gasteiger partial charge in [0.15, 0.2) is 0 Å². The van der Waals surface area contributed by atoms with Crippen LogP contribution in [0.3, 0.4) is 0 Å². The van der Waals surface area contributed by atoms with Crippen molar-refractivity contribution in [3.63, 3.8) is 0 Å². The van der Waals surface area contributed by atoms with Gasteiger partial charge in [0.2, 0.25) is 11.8 Å². The van der Waals surface area contributed by atoms with Crippen LogP contribution >= 0.6 is 0 Å². The first-order chi connectivity index (χ1) is 14.1. The van der Waals surface area contributed by atoms with Gasteiger partial charge in [-0.05, 0) is 59.4 Å². The minimum Gasteiger partial charge on any atom is -0.399 e. The van der Waals surface area contributed by atoms with Crippen LogP contribution in [0.5, 0.6) is 0 Å². The third-order valence-electron chi connectivity index (χ3n) is 7.65. The highest BCUT2D eigenvalue weighted by Gasteiger charge is 2.62. The molecule has 5 nitrogen and oxygen atoms in total. The predicted molar refractivity (Wildman–Crippen MR) is 111 cm³/mol. The molecule has 1 saturated heterocycles.